The molecule has 3 rings (SSSR count). The Labute approximate surface area is 193 Å². The largest absolute Gasteiger partial charge is 0.493 e. The van der Waals surface area contributed by atoms with Crippen LogP contribution in [-0.2, 0) is 0 Å². The van der Waals surface area contributed by atoms with Crippen LogP contribution in [0.1, 0.15) is 27.2 Å². The van der Waals surface area contributed by atoms with Crippen LogP contribution in [0.5, 0.6) is 23.0 Å². The first-order valence-electron chi connectivity index (χ1n) is 10.2. The molecule has 0 aliphatic rings. The predicted octanol–water partition coefficient (Wildman–Crippen LogP) is 6.26. The zero-order valence-corrected chi connectivity index (χ0v) is 19.7. The molecule has 170 valence electrons. The third-order valence-electron chi connectivity index (χ3n) is 4.78. The van der Waals surface area contributed by atoms with Crippen LogP contribution >= 0.6 is 11.6 Å². The van der Waals surface area contributed by atoms with Crippen LogP contribution in [0.2, 0.25) is 5.02 Å². The zero-order valence-electron chi connectivity index (χ0n) is 18.9. The van der Waals surface area contributed by atoms with Crippen LogP contribution < -0.4 is 24.8 Å². The molecule has 0 aliphatic carbocycles. The normalized spacial score (nSPS) is 11.2. The second-order valence-corrected chi connectivity index (χ2v) is 8.88. The number of hydrogen-bond acceptors (Lipinski definition) is 5. The van der Waals surface area contributed by atoms with Gasteiger partial charge >= 0.3 is 6.03 Å². The van der Waals surface area contributed by atoms with Gasteiger partial charge in [-0.15, -0.1) is 0 Å². The van der Waals surface area contributed by atoms with Crippen LogP contribution in [-0.4, -0.2) is 31.8 Å². The van der Waals surface area contributed by atoms with Gasteiger partial charge in [0.15, 0.2) is 11.5 Å². The number of aromatic nitrogens is 1. The molecule has 3 aromatic rings. The minimum Gasteiger partial charge on any atom is -0.493 e. The smallest absolute Gasteiger partial charge is 0.319 e. The Kier molecular flexibility index (Phi) is 7.30. The summed E-state index contributed by atoms with van der Waals surface area (Å²) in [6.45, 7) is 6.98. The lowest BCUT2D eigenvalue weighted by Crippen LogP contribution is -2.31. The fraction of sp³-hybridized carbons (Fsp3) is 0.333. The number of carbonyl (C=O) groups is 1. The molecule has 2 amide bonds. The summed E-state index contributed by atoms with van der Waals surface area (Å²) >= 11 is 6.43. The van der Waals surface area contributed by atoms with E-state index >= 15 is 0 Å². The maximum absolute atomic E-state index is 12.1. The minimum atomic E-state index is -0.278. The number of anilines is 1. The molecule has 2 aromatic carbocycles. The molecule has 0 radical (unpaired) electrons. The van der Waals surface area contributed by atoms with Crippen molar-refractivity contribution in [3.8, 4) is 23.0 Å². The number of amides is 2. The summed E-state index contributed by atoms with van der Waals surface area (Å²) < 4.78 is 16.8. The van der Waals surface area contributed by atoms with Crippen LogP contribution in [0.4, 0.5) is 10.5 Å². The van der Waals surface area contributed by atoms with Crippen LogP contribution in [0.3, 0.4) is 0 Å². The summed E-state index contributed by atoms with van der Waals surface area (Å²) in [4.78, 5) is 16.5. The van der Waals surface area contributed by atoms with Gasteiger partial charge < -0.3 is 24.8 Å². The zero-order chi connectivity index (χ0) is 23.3. The van der Waals surface area contributed by atoms with Crippen molar-refractivity contribution in [1.82, 2.24) is 10.3 Å². The van der Waals surface area contributed by atoms with Crippen molar-refractivity contribution in [2.24, 2.45) is 5.41 Å². The summed E-state index contributed by atoms with van der Waals surface area (Å²) in [6, 6.07) is 10.2. The summed E-state index contributed by atoms with van der Waals surface area (Å²) in [7, 11) is 3.15. The summed E-state index contributed by atoms with van der Waals surface area (Å²) in [5.74, 6) is 2.17. The van der Waals surface area contributed by atoms with E-state index in [4.69, 9.17) is 25.8 Å². The number of urea groups is 1. The number of ether oxygens (including phenoxy) is 3. The molecular weight excluding hydrogens is 430 g/mol. The molecule has 0 saturated heterocycles. The maximum atomic E-state index is 12.1. The maximum Gasteiger partial charge on any atom is 0.319 e. The predicted molar refractivity (Wildman–Crippen MR) is 127 cm³/mol. The first-order valence-corrected chi connectivity index (χ1v) is 10.6. The Bertz CT molecular complexity index is 1110. The van der Waals surface area contributed by atoms with Gasteiger partial charge in [0.25, 0.3) is 0 Å². The molecule has 32 heavy (non-hydrogen) atoms. The molecule has 0 spiro atoms. The van der Waals surface area contributed by atoms with Gasteiger partial charge in [-0.3, -0.25) is 4.98 Å². The number of hydrogen-bond donors (Lipinski definition) is 2. The van der Waals surface area contributed by atoms with Gasteiger partial charge in [-0.05, 0) is 42.2 Å². The van der Waals surface area contributed by atoms with Gasteiger partial charge in [-0.1, -0.05) is 32.4 Å². The number of halogens is 1. The van der Waals surface area contributed by atoms with Crippen LogP contribution in [0, 0.1) is 5.41 Å². The summed E-state index contributed by atoms with van der Waals surface area (Å²) in [6.07, 6.45) is 2.53. The SMILES string of the molecule is COc1cc2nccc(Oc3ccc(NC(=O)NCCC(C)(C)C)cc3Cl)c2cc1OC. The number of pyridine rings is 1. The van der Waals surface area contributed by atoms with Gasteiger partial charge in [0.1, 0.15) is 11.5 Å². The molecular formula is C24H28ClN3O4. The van der Waals surface area contributed by atoms with Crippen LogP contribution in [0.25, 0.3) is 10.9 Å². The first-order chi connectivity index (χ1) is 15.2. The Morgan fingerprint density at radius 3 is 2.38 bits per heavy atom. The molecule has 0 aliphatic heterocycles. The average Bonchev–Trinajstić information content (AvgIpc) is 2.73. The van der Waals surface area contributed by atoms with Crippen molar-refractivity contribution in [2.45, 2.75) is 27.2 Å². The molecule has 0 fully saturated rings. The molecule has 0 saturated carbocycles. The van der Waals surface area contributed by atoms with Crippen LogP contribution in [0.15, 0.2) is 42.6 Å². The fourth-order valence-electron chi connectivity index (χ4n) is 3.04. The number of fused-ring (bicyclic) bond motifs is 1. The highest BCUT2D eigenvalue weighted by Gasteiger charge is 2.14. The second-order valence-electron chi connectivity index (χ2n) is 8.47. The quantitative estimate of drug-likeness (QED) is 0.437. The fourth-order valence-corrected chi connectivity index (χ4v) is 3.26. The van der Waals surface area contributed by atoms with E-state index in [-0.39, 0.29) is 11.4 Å². The van der Waals surface area contributed by atoms with Crippen molar-refractivity contribution >= 4 is 34.2 Å². The highest BCUT2D eigenvalue weighted by Crippen LogP contribution is 2.38. The lowest BCUT2D eigenvalue weighted by atomic mass is 9.92. The highest BCUT2D eigenvalue weighted by molar-refractivity contribution is 6.32. The molecule has 2 N–H and O–H groups in total. The average molecular weight is 458 g/mol. The first kappa shape index (κ1) is 23.5. The molecule has 1 aromatic heterocycles. The van der Waals surface area contributed by atoms with E-state index in [0.717, 1.165) is 11.8 Å². The molecule has 8 heteroatoms. The number of carbonyl (C=O) groups excluding carboxylic acids is 1. The third-order valence-corrected chi connectivity index (χ3v) is 5.07. The highest BCUT2D eigenvalue weighted by atomic mass is 35.5. The van der Waals surface area contributed by atoms with Crippen molar-refractivity contribution < 1.29 is 19.0 Å². The number of rotatable bonds is 7. The number of benzene rings is 2. The molecule has 0 atom stereocenters. The number of methoxy groups -OCH3 is 2. The number of nitrogens with zero attached hydrogens (tertiary/aromatic N) is 1. The Hall–Kier alpha value is -3.19. The van der Waals surface area contributed by atoms with E-state index in [1.165, 1.54) is 0 Å². The van der Waals surface area contributed by atoms with Gasteiger partial charge in [-0.25, -0.2) is 4.79 Å². The molecule has 1 heterocycles. The standard InChI is InChI=1S/C24H28ClN3O4/c1-24(2,3)9-11-27-23(29)28-15-6-7-20(17(25)12-15)32-19-8-10-26-18-14-22(31-5)21(30-4)13-16(18)19/h6-8,10,12-14H,9,11H2,1-5H3,(H2,27,28,29). The van der Waals surface area contributed by atoms with E-state index in [0.29, 0.717) is 45.8 Å². The van der Waals surface area contributed by atoms with Crippen molar-refractivity contribution in [3.63, 3.8) is 0 Å². The summed E-state index contributed by atoms with van der Waals surface area (Å²) in [5, 5.41) is 6.75. The van der Waals surface area contributed by atoms with Gasteiger partial charge in [-0.2, -0.15) is 0 Å². The van der Waals surface area contributed by atoms with Gasteiger partial charge in [0.05, 0.1) is 24.8 Å². The second kappa shape index (κ2) is 9.96. The van der Waals surface area contributed by atoms with E-state index in [9.17, 15) is 4.79 Å². The van der Waals surface area contributed by atoms with E-state index in [2.05, 4.69) is 36.4 Å². The lowest BCUT2D eigenvalue weighted by molar-refractivity contribution is 0.250. The molecule has 0 unspecified atom stereocenters. The minimum absolute atomic E-state index is 0.155. The topological polar surface area (TPSA) is 81.7 Å². The Morgan fingerprint density at radius 1 is 1.00 bits per heavy atom. The monoisotopic (exact) mass is 457 g/mol. The number of nitrogens with one attached hydrogen (secondary N) is 2. The lowest BCUT2D eigenvalue weighted by Gasteiger charge is -2.18. The summed E-state index contributed by atoms with van der Waals surface area (Å²) in [5.41, 5.74) is 1.42. The van der Waals surface area contributed by atoms with Gasteiger partial charge in [0.2, 0.25) is 0 Å². The van der Waals surface area contributed by atoms with E-state index in [1.54, 1.807) is 50.7 Å². The Morgan fingerprint density at radius 2 is 1.72 bits per heavy atom. The third kappa shape index (κ3) is 5.95. The van der Waals surface area contributed by atoms with Crippen molar-refractivity contribution in [1.29, 1.82) is 0 Å². The molecule has 0 bridgehead atoms. The van der Waals surface area contributed by atoms with E-state index < -0.39 is 0 Å². The Balaban J connectivity index is 1.75. The van der Waals surface area contributed by atoms with E-state index in [1.807, 2.05) is 6.07 Å². The molecule has 7 nitrogen and oxygen atoms in total. The van der Waals surface area contributed by atoms with Crippen molar-refractivity contribution in [3.05, 3.63) is 47.6 Å². The van der Waals surface area contributed by atoms with Gasteiger partial charge in [0, 0.05) is 29.9 Å². The van der Waals surface area contributed by atoms with Crippen molar-refractivity contribution in [2.75, 3.05) is 26.1 Å².